The summed E-state index contributed by atoms with van der Waals surface area (Å²) in [7, 11) is 0. The average molecular weight is 286 g/mol. The van der Waals surface area contributed by atoms with Crippen LogP contribution in [0, 0.1) is 6.92 Å². The summed E-state index contributed by atoms with van der Waals surface area (Å²) in [5.41, 5.74) is 1.91. The standard InChI is InChI=1S/C15H14N2O2S/c1-10-7-8-12(13(18)9-10)16-15(20)17-14(19)11-5-3-2-4-6-11/h2-9,18H,1H3,(H2,16,17,19,20). The maximum Gasteiger partial charge on any atom is 0.257 e. The summed E-state index contributed by atoms with van der Waals surface area (Å²) in [5.74, 6) is -0.212. The van der Waals surface area contributed by atoms with Crippen LogP contribution >= 0.6 is 12.2 Å². The first kappa shape index (κ1) is 14.0. The van der Waals surface area contributed by atoms with Gasteiger partial charge in [-0.15, -0.1) is 0 Å². The second-order valence-corrected chi connectivity index (χ2v) is 4.70. The minimum atomic E-state index is -0.297. The van der Waals surface area contributed by atoms with E-state index in [0.29, 0.717) is 11.3 Å². The molecule has 0 unspecified atom stereocenters. The van der Waals surface area contributed by atoms with Crippen molar-refractivity contribution in [3.63, 3.8) is 0 Å². The molecule has 2 aromatic carbocycles. The van der Waals surface area contributed by atoms with E-state index in [-0.39, 0.29) is 16.8 Å². The van der Waals surface area contributed by atoms with Gasteiger partial charge >= 0.3 is 0 Å². The van der Waals surface area contributed by atoms with Gasteiger partial charge in [-0.25, -0.2) is 0 Å². The lowest BCUT2D eigenvalue weighted by atomic mass is 10.2. The van der Waals surface area contributed by atoms with Crippen molar-refractivity contribution in [3.8, 4) is 5.75 Å². The number of benzene rings is 2. The Bertz CT molecular complexity index is 642. The SMILES string of the molecule is Cc1ccc(NC(=S)NC(=O)c2ccccc2)c(O)c1. The number of rotatable bonds is 2. The van der Waals surface area contributed by atoms with Crippen LogP contribution in [0.15, 0.2) is 48.5 Å². The molecule has 102 valence electrons. The first-order valence-electron chi connectivity index (χ1n) is 6.03. The largest absolute Gasteiger partial charge is 0.506 e. The number of thiocarbonyl (C=S) groups is 1. The van der Waals surface area contributed by atoms with Crippen molar-refractivity contribution in [2.75, 3.05) is 5.32 Å². The van der Waals surface area contributed by atoms with E-state index < -0.39 is 0 Å². The number of aryl methyl sites for hydroxylation is 1. The third kappa shape index (κ3) is 3.55. The van der Waals surface area contributed by atoms with Gasteiger partial charge in [0.25, 0.3) is 5.91 Å². The number of anilines is 1. The molecule has 0 aromatic heterocycles. The van der Waals surface area contributed by atoms with Crippen LogP contribution in [0.2, 0.25) is 0 Å². The number of phenols is 1. The van der Waals surface area contributed by atoms with Gasteiger partial charge in [0.1, 0.15) is 5.75 Å². The highest BCUT2D eigenvalue weighted by molar-refractivity contribution is 7.80. The van der Waals surface area contributed by atoms with Gasteiger partial charge in [0.2, 0.25) is 0 Å². The van der Waals surface area contributed by atoms with E-state index in [1.807, 2.05) is 19.1 Å². The lowest BCUT2D eigenvalue weighted by Crippen LogP contribution is -2.34. The van der Waals surface area contributed by atoms with Crippen molar-refractivity contribution in [1.82, 2.24) is 5.32 Å². The van der Waals surface area contributed by atoms with Crippen molar-refractivity contribution in [2.24, 2.45) is 0 Å². The van der Waals surface area contributed by atoms with E-state index in [1.165, 1.54) is 0 Å². The molecule has 2 aromatic rings. The third-order valence-electron chi connectivity index (χ3n) is 2.66. The number of hydrogen-bond donors (Lipinski definition) is 3. The summed E-state index contributed by atoms with van der Waals surface area (Å²) in [4.78, 5) is 11.9. The average Bonchev–Trinajstić information content (AvgIpc) is 2.43. The highest BCUT2D eigenvalue weighted by atomic mass is 32.1. The van der Waals surface area contributed by atoms with Gasteiger partial charge in [-0.3, -0.25) is 10.1 Å². The van der Waals surface area contributed by atoms with E-state index >= 15 is 0 Å². The molecule has 0 fully saturated rings. The number of amides is 1. The maximum absolute atomic E-state index is 11.9. The Labute approximate surface area is 122 Å². The summed E-state index contributed by atoms with van der Waals surface area (Å²) in [6.45, 7) is 1.87. The Morgan fingerprint density at radius 1 is 1.15 bits per heavy atom. The lowest BCUT2D eigenvalue weighted by molar-refractivity contribution is 0.0977. The fourth-order valence-electron chi connectivity index (χ4n) is 1.67. The molecule has 20 heavy (non-hydrogen) atoms. The molecule has 0 radical (unpaired) electrons. The van der Waals surface area contributed by atoms with Crippen LogP contribution in [0.4, 0.5) is 5.69 Å². The molecule has 2 rings (SSSR count). The predicted octanol–water partition coefficient (Wildman–Crippen LogP) is 2.83. The monoisotopic (exact) mass is 286 g/mol. The number of aromatic hydroxyl groups is 1. The molecule has 3 N–H and O–H groups in total. The molecule has 0 aliphatic rings. The number of carbonyl (C=O) groups is 1. The molecule has 0 heterocycles. The molecule has 0 spiro atoms. The zero-order valence-corrected chi connectivity index (χ0v) is 11.7. The Hall–Kier alpha value is -2.40. The van der Waals surface area contributed by atoms with Crippen LogP contribution in [0.1, 0.15) is 15.9 Å². The second-order valence-electron chi connectivity index (χ2n) is 4.29. The minimum absolute atomic E-state index is 0.0845. The molecule has 0 saturated heterocycles. The Morgan fingerprint density at radius 2 is 1.85 bits per heavy atom. The molecule has 4 nitrogen and oxygen atoms in total. The van der Waals surface area contributed by atoms with E-state index in [2.05, 4.69) is 10.6 Å². The summed E-state index contributed by atoms with van der Waals surface area (Å²) in [6, 6.07) is 13.9. The van der Waals surface area contributed by atoms with Crippen LogP contribution in [0.25, 0.3) is 0 Å². The van der Waals surface area contributed by atoms with E-state index in [4.69, 9.17) is 12.2 Å². The molecule has 1 amide bonds. The topological polar surface area (TPSA) is 61.4 Å². The normalized spacial score (nSPS) is 9.85. The lowest BCUT2D eigenvalue weighted by Gasteiger charge is -2.11. The van der Waals surface area contributed by atoms with Crippen LogP contribution < -0.4 is 10.6 Å². The molecule has 0 saturated carbocycles. The van der Waals surface area contributed by atoms with Crippen molar-refractivity contribution >= 4 is 28.9 Å². The fourth-order valence-corrected chi connectivity index (χ4v) is 1.87. The molecule has 5 heteroatoms. The summed E-state index contributed by atoms with van der Waals surface area (Å²) < 4.78 is 0. The Kier molecular flexibility index (Phi) is 4.32. The van der Waals surface area contributed by atoms with Gasteiger partial charge in [0, 0.05) is 5.56 Å². The molecular formula is C15H14N2O2S. The summed E-state index contributed by atoms with van der Waals surface area (Å²) in [5, 5.41) is 15.2. The quantitative estimate of drug-likeness (QED) is 0.587. The highest BCUT2D eigenvalue weighted by Crippen LogP contribution is 2.23. The number of nitrogens with one attached hydrogen (secondary N) is 2. The summed E-state index contributed by atoms with van der Waals surface area (Å²) in [6.07, 6.45) is 0. The first-order chi connectivity index (χ1) is 9.56. The van der Waals surface area contributed by atoms with Crippen molar-refractivity contribution < 1.29 is 9.90 Å². The number of phenolic OH excluding ortho intramolecular Hbond substituents is 1. The van der Waals surface area contributed by atoms with Crippen molar-refractivity contribution in [3.05, 3.63) is 59.7 Å². The molecule has 0 aliphatic carbocycles. The van der Waals surface area contributed by atoms with Gasteiger partial charge in [-0.1, -0.05) is 24.3 Å². The zero-order chi connectivity index (χ0) is 14.5. The van der Waals surface area contributed by atoms with Gasteiger partial charge in [-0.2, -0.15) is 0 Å². The minimum Gasteiger partial charge on any atom is -0.506 e. The fraction of sp³-hybridized carbons (Fsp3) is 0.0667. The van der Waals surface area contributed by atoms with Gasteiger partial charge in [0.15, 0.2) is 5.11 Å². The van der Waals surface area contributed by atoms with Crippen LogP contribution in [0.3, 0.4) is 0 Å². The molecular weight excluding hydrogens is 272 g/mol. The number of carbonyl (C=O) groups excluding carboxylic acids is 1. The van der Waals surface area contributed by atoms with Crippen molar-refractivity contribution in [2.45, 2.75) is 6.92 Å². The van der Waals surface area contributed by atoms with Gasteiger partial charge in [0.05, 0.1) is 5.69 Å². The molecule has 0 bridgehead atoms. The zero-order valence-electron chi connectivity index (χ0n) is 10.9. The highest BCUT2D eigenvalue weighted by Gasteiger charge is 2.08. The first-order valence-corrected chi connectivity index (χ1v) is 6.44. The molecule has 0 aliphatic heterocycles. The van der Waals surface area contributed by atoms with Gasteiger partial charge < -0.3 is 10.4 Å². The second kappa shape index (κ2) is 6.16. The van der Waals surface area contributed by atoms with Crippen molar-refractivity contribution in [1.29, 1.82) is 0 Å². The van der Waals surface area contributed by atoms with E-state index in [1.54, 1.807) is 36.4 Å². The molecule has 0 atom stereocenters. The van der Waals surface area contributed by atoms with Crippen LogP contribution in [0.5, 0.6) is 5.75 Å². The van der Waals surface area contributed by atoms with Crippen LogP contribution in [-0.4, -0.2) is 16.1 Å². The summed E-state index contributed by atoms with van der Waals surface area (Å²) >= 11 is 5.05. The number of hydrogen-bond acceptors (Lipinski definition) is 3. The Morgan fingerprint density at radius 3 is 2.50 bits per heavy atom. The van der Waals surface area contributed by atoms with Crippen LogP contribution in [-0.2, 0) is 0 Å². The smallest absolute Gasteiger partial charge is 0.257 e. The maximum atomic E-state index is 11.9. The third-order valence-corrected chi connectivity index (χ3v) is 2.87. The predicted molar refractivity (Wildman–Crippen MR) is 83.0 cm³/mol. The van der Waals surface area contributed by atoms with E-state index in [9.17, 15) is 9.90 Å². The van der Waals surface area contributed by atoms with E-state index in [0.717, 1.165) is 5.56 Å². The van der Waals surface area contributed by atoms with Gasteiger partial charge in [-0.05, 0) is 49.0 Å². The Balaban J connectivity index is 2.01.